The van der Waals surface area contributed by atoms with Gasteiger partial charge in [-0.2, -0.15) is 0 Å². The summed E-state index contributed by atoms with van der Waals surface area (Å²) in [5, 5.41) is 11.2. The third-order valence-corrected chi connectivity index (χ3v) is 3.25. The number of unbranched alkanes of at least 4 members (excludes halogenated alkanes) is 3. The van der Waals surface area contributed by atoms with E-state index in [1.54, 1.807) is 0 Å². The van der Waals surface area contributed by atoms with Crippen LogP contribution in [0.1, 0.15) is 51.0 Å². The normalized spacial score (nSPS) is 10.2. The van der Waals surface area contributed by atoms with Gasteiger partial charge in [0.1, 0.15) is 5.75 Å². The molecule has 2 N–H and O–H groups in total. The quantitative estimate of drug-likeness (QED) is 0.616. The zero-order valence-corrected chi connectivity index (χ0v) is 13.1. The molecule has 1 rings (SSSR count). The van der Waals surface area contributed by atoms with E-state index in [1.807, 2.05) is 24.3 Å². The summed E-state index contributed by atoms with van der Waals surface area (Å²) >= 11 is 0. The van der Waals surface area contributed by atoms with Gasteiger partial charge < -0.3 is 15.2 Å². The van der Waals surface area contributed by atoms with Crippen molar-refractivity contribution in [3.05, 3.63) is 29.8 Å². The first-order valence-corrected chi connectivity index (χ1v) is 7.82. The molecule has 1 aromatic rings. The fourth-order valence-corrected chi connectivity index (χ4v) is 1.93. The molecule has 122 valence electrons. The molecule has 5 nitrogen and oxygen atoms in total. The van der Waals surface area contributed by atoms with Crippen LogP contribution in [-0.2, 0) is 16.1 Å². The van der Waals surface area contributed by atoms with Crippen LogP contribution in [0.25, 0.3) is 0 Å². The van der Waals surface area contributed by atoms with Crippen molar-refractivity contribution in [1.82, 2.24) is 5.32 Å². The van der Waals surface area contributed by atoms with Gasteiger partial charge in [0.05, 0.1) is 13.0 Å². The second-order valence-electron chi connectivity index (χ2n) is 5.22. The molecule has 0 radical (unpaired) electrons. The molecule has 0 saturated heterocycles. The van der Waals surface area contributed by atoms with Gasteiger partial charge in [-0.3, -0.25) is 9.59 Å². The molecule has 0 unspecified atom stereocenters. The van der Waals surface area contributed by atoms with Gasteiger partial charge in [0.2, 0.25) is 5.91 Å². The fourth-order valence-electron chi connectivity index (χ4n) is 1.93. The summed E-state index contributed by atoms with van der Waals surface area (Å²) < 4.78 is 5.65. The van der Waals surface area contributed by atoms with Gasteiger partial charge in [-0.1, -0.05) is 38.3 Å². The topological polar surface area (TPSA) is 75.6 Å². The zero-order chi connectivity index (χ0) is 16.2. The molecular formula is C17H25NO4. The maximum Gasteiger partial charge on any atom is 0.303 e. The highest BCUT2D eigenvalue weighted by atomic mass is 16.5. The van der Waals surface area contributed by atoms with Crippen molar-refractivity contribution >= 4 is 11.9 Å². The molecule has 0 fully saturated rings. The lowest BCUT2D eigenvalue weighted by atomic mass is 10.2. The zero-order valence-electron chi connectivity index (χ0n) is 13.1. The van der Waals surface area contributed by atoms with Crippen molar-refractivity contribution in [3.63, 3.8) is 0 Å². The van der Waals surface area contributed by atoms with Crippen LogP contribution in [0.2, 0.25) is 0 Å². The maximum absolute atomic E-state index is 11.4. The van der Waals surface area contributed by atoms with Crippen molar-refractivity contribution in [1.29, 1.82) is 0 Å². The second-order valence-corrected chi connectivity index (χ2v) is 5.22. The first-order valence-electron chi connectivity index (χ1n) is 7.82. The van der Waals surface area contributed by atoms with E-state index in [0.717, 1.165) is 24.3 Å². The number of aliphatic carboxylic acids is 1. The first-order chi connectivity index (χ1) is 10.6. The number of ether oxygens (including phenoxy) is 1. The number of nitrogens with one attached hydrogen (secondary N) is 1. The monoisotopic (exact) mass is 307 g/mol. The predicted octanol–water partition coefficient (Wildman–Crippen LogP) is 3.13. The molecule has 0 aliphatic carbocycles. The minimum Gasteiger partial charge on any atom is -0.494 e. The van der Waals surface area contributed by atoms with Crippen molar-refractivity contribution in [3.8, 4) is 5.75 Å². The molecule has 0 saturated carbocycles. The average Bonchev–Trinajstić information content (AvgIpc) is 2.52. The summed E-state index contributed by atoms with van der Waals surface area (Å²) in [7, 11) is 0. The van der Waals surface area contributed by atoms with Crippen LogP contribution in [-0.4, -0.2) is 23.6 Å². The summed E-state index contributed by atoms with van der Waals surface area (Å²) in [5.74, 6) is -0.383. The van der Waals surface area contributed by atoms with E-state index in [-0.39, 0.29) is 18.7 Å². The van der Waals surface area contributed by atoms with E-state index in [2.05, 4.69) is 12.2 Å². The second kappa shape index (κ2) is 10.7. The number of hydrogen-bond acceptors (Lipinski definition) is 3. The lowest BCUT2D eigenvalue weighted by molar-refractivity contribution is -0.138. The third-order valence-electron chi connectivity index (χ3n) is 3.25. The van der Waals surface area contributed by atoms with Gasteiger partial charge in [0.15, 0.2) is 0 Å². The van der Waals surface area contributed by atoms with Crippen LogP contribution in [0.3, 0.4) is 0 Å². The number of carboxylic acids is 1. The van der Waals surface area contributed by atoms with Crippen molar-refractivity contribution in [2.24, 2.45) is 0 Å². The maximum atomic E-state index is 11.4. The summed E-state index contributed by atoms with van der Waals surface area (Å²) in [5.41, 5.74) is 0.960. The molecule has 0 bridgehead atoms. The minimum absolute atomic E-state index is 0.00822. The smallest absolute Gasteiger partial charge is 0.303 e. The number of rotatable bonds is 11. The molecule has 0 aliphatic heterocycles. The van der Waals surface area contributed by atoms with E-state index in [4.69, 9.17) is 9.84 Å². The Morgan fingerprint density at radius 2 is 1.82 bits per heavy atom. The largest absolute Gasteiger partial charge is 0.494 e. The Morgan fingerprint density at radius 1 is 1.09 bits per heavy atom. The summed E-state index contributed by atoms with van der Waals surface area (Å²) in [6.45, 7) is 3.31. The summed E-state index contributed by atoms with van der Waals surface area (Å²) in [6.07, 6.45) is 4.58. The Labute approximate surface area is 131 Å². The highest BCUT2D eigenvalue weighted by Gasteiger charge is 2.05. The summed E-state index contributed by atoms with van der Waals surface area (Å²) in [6, 6.07) is 7.58. The molecular weight excluding hydrogens is 282 g/mol. The molecule has 0 aromatic heterocycles. The molecule has 0 atom stereocenters. The number of carboxylic acid groups (broad SMARTS) is 1. The highest BCUT2D eigenvalue weighted by molar-refractivity contribution is 5.80. The Morgan fingerprint density at radius 3 is 2.45 bits per heavy atom. The van der Waals surface area contributed by atoms with Crippen LogP contribution in [0.4, 0.5) is 0 Å². The average molecular weight is 307 g/mol. The third kappa shape index (κ3) is 8.29. The Balaban J connectivity index is 2.23. The number of amides is 1. The Bertz CT molecular complexity index is 456. The van der Waals surface area contributed by atoms with Gasteiger partial charge in [0, 0.05) is 13.0 Å². The van der Waals surface area contributed by atoms with E-state index in [0.29, 0.717) is 6.54 Å². The Kier molecular flexibility index (Phi) is 8.72. The number of carbonyl (C=O) groups is 2. The van der Waals surface area contributed by atoms with Gasteiger partial charge in [-0.15, -0.1) is 0 Å². The van der Waals surface area contributed by atoms with Gasteiger partial charge in [0.25, 0.3) is 0 Å². The molecule has 22 heavy (non-hydrogen) atoms. The number of hydrogen-bond donors (Lipinski definition) is 2. The summed E-state index contributed by atoms with van der Waals surface area (Å²) in [4.78, 5) is 21.8. The lowest BCUT2D eigenvalue weighted by Gasteiger charge is -2.08. The van der Waals surface area contributed by atoms with Crippen molar-refractivity contribution in [2.75, 3.05) is 6.61 Å². The van der Waals surface area contributed by atoms with Gasteiger partial charge in [-0.25, -0.2) is 0 Å². The van der Waals surface area contributed by atoms with E-state index in [1.165, 1.54) is 19.3 Å². The highest BCUT2D eigenvalue weighted by Crippen LogP contribution is 2.13. The molecule has 0 heterocycles. The van der Waals surface area contributed by atoms with E-state index < -0.39 is 5.97 Å². The van der Waals surface area contributed by atoms with Crippen LogP contribution in [0.15, 0.2) is 24.3 Å². The fraction of sp³-hybridized carbons (Fsp3) is 0.529. The van der Waals surface area contributed by atoms with E-state index in [9.17, 15) is 9.59 Å². The molecule has 5 heteroatoms. The number of carbonyl (C=O) groups excluding carboxylic acids is 1. The molecule has 1 aromatic carbocycles. The molecule has 1 amide bonds. The van der Waals surface area contributed by atoms with Crippen LogP contribution >= 0.6 is 0 Å². The minimum atomic E-state index is -0.962. The van der Waals surface area contributed by atoms with Gasteiger partial charge >= 0.3 is 5.97 Å². The molecule has 0 spiro atoms. The van der Waals surface area contributed by atoms with Crippen LogP contribution in [0.5, 0.6) is 5.75 Å². The van der Waals surface area contributed by atoms with Crippen LogP contribution < -0.4 is 10.1 Å². The van der Waals surface area contributed by atoms with E-state index >= 15 is 0 Å². The van der Waals surface area contributed by atoms with Crippen LogP contribution in [0, 0.1) is 0 Å². The predicted molar refractivity (Wildman–Crippen MR) is 84.8 cm³/mol. The van der Waals surface area contributed by atoms with Gasteiger partial charge in [-0.05, 0) is 24.1 Å². The first kappa shape index (κ1) is 18.0. The number of benzene rings is 1. The van der Waals surface area contributed by atoms with Crippen molar-refractivity contribution < 1.29 is 19.4 Å². The standard InChI is InChI=1S/C17H25NO4/c1-2-3-4-5-12-22-15-8-6-14(7-9-15)13-18-16(19)10-11-17(20)21/h6-9H,2-5,10-13H2,1H3,(H,18,19)(H,20,21). The Hall–Kier alpha value is -2.04. The molecule has 0 aliphatic rings. The lowest BCUT2D eigenvalue weighted by Crippen LogP contribution is -2.23. The van der Waals surface area contributed by atoms with Crippen molar-refractivity contribution in [2.45, 2.75) is 52.0 Å². The SMILES string of the molecule is CCCCCCOc1ccc(CNC(=O)CCC(=O)O)cc1.